The molecule has 0 aliphatic heterocycles. The minimum atomic E-state index is 0.774. The van der Waals surface area contributed by atoms with Crippen LogP contribution >= 0.6 is 11.6 Å². The molecule has 0 radical (unpaired) electrons. The topological polar surface area (TPSA) is 0 Å². The van der Waals surface area contributed by atoms with E-state index in [1.54, 1.807) is 5.56 Å². The first-order valence-corrected chi connectivity index (χ1v) is 13.0. The quantitative estimate of drug-likeness (QED) is 0.371. The summed E-state index contributed by atoms with van der Waals surface area (Å²) >= 11 is 6.03. The zero-order valence-electron chi connectivity index (χ0n) is 18.8. The van der Waals surface area contributed by atoms with Gasteiger partial charge in [0.15, 0.2) is 0 Å². The van der Waals surface area contributed by atoms with Crippen LogP contribution in [0.3, 0.4) is 0 Å². The van der Waals surface area contributed by atoms with Crippen molar-refractivity contribution in [3.63, 3.8) is 0 Å². The van der Waals surface area contributed by atoms with Crippen LogP contribution in [0.15, 0.2) is 48.5 Å². The Labute approximate surface area is 189 Å². The summed E-state index contributed by atoms with van der Waals surface area (Å²) in [5, 5.41) is 0.804. The van der Waals surface area contributed by atoms with Gasteiger partial charge in [-0.25, -0.2) is 0 Å². The highest BCUT2D eigenvalue weighted by molar-refractivity contribution is 6.30. The van der Waals surface area contributed by atoms with E-state index in [4.69, 9.17) is 11.6 Å². The predicted octanol–water partition coefficient (Wildman–Crippen LogP) is 9.67. The fourth-order valence-corrected chi connectivity index (χ4v) is 6.30. The van der Waals surface area contributed by atoms with E-state index in [0.717, 1.165) is 28.7 Å². The molecule has 30 heavy (non-hydrogen) atoms. The predicted molar refractivity (Wildman–Crippen MR) is 131 cm³/mol. The molecule has 2 saturated carbocycles. The van der Waals surface area contributed by atoms with Crippen molar-refractivity contribution in [3.05, 3.63) is 59.1 Å². The van der Waals surface area contributed by atoms with Crippen LogP contribution in [0.2, 0.25) is 5.02 Å². The molecule has 2 aromatic carbocycles. The lowest BCUT2D eigenvalue weighted by atomic mass is 9.63. The molecule has 0 heterocycles. The Morgan fingerprint density at radius 1 is 0.700 bits per heavy atom. The van der Waals surface area contributed by atoms with E-state index in [1.165, 1.54) is 88.2 Å². The third-order valence-electron chi connectivity index (χ3n) is 8.00. The number of rotatable bonds is 8. The Morgan fingerprint density at radius 2 is 1.33 bits per heavy atom. The maximum atomic E-state index is 6.03. The van der Waals surface area contributed by atoms with E-state index in [2.05, 4.69) is 43.3 Å². The lowest BCUT2D eigenvalue weighted by Gasteiger charge is -2.42. The van der Waals surface area contributed by atoms with Gasteiger partial charge in [-0.3, -0.25) is 0 Å². The highest BCUT2D eigenvalue weighted by Crippen LogP contribution is 2.48. The maximum absolute atomic E-state index is 6.03. The van der Waals surface area contributed by atoms with Crippen LogP contribution in [0.5, 0.6) is 0 Å². The molecule has 0 saturated heterocycles. The second-order valence-electron chi connectivity index (χ2n) is 10.0. The summed E-state index contributed by atoms with van der Waals surface area (Å²) in [6, 6.07) is 17.6. The van der Waals surface area contributed by atoms with Gasteiger partial charge in [0.2, 0.25) is 0 Å². The van der Waals surface area contributed by atoms with Crippen LogP contribution in [0, 0.1) is 17.8 Å². The molecule has 2 aliphatic rings. The van der Waals surface area contributed by atoms with Gasteiger partial charge >= 0.3 is 0 Å². The molecule has 0 amide bonds. The van der Waals surface area contributed by atoms with Crippen molar-refractivity contribution in [2.75, 3.05) is 0 Å². The molecule has 162 valence electrons. The van der Waals surface area contributed by atoms with Crippen molar-refractivity contribution >= 4 is 11.6 Å². The van der Waals surface area contributed by atoms with E-state index < -0.39 is 0 Å². The van der Waals surface area contributed by atoms with Crippen LogP contribution in [0.1, 0.15) is 95.5 Å². The van der Waals surface area contributed by atoms with Gasteiger partial charge < -0.3 is 0 Å². The zero-order valence-corrected chi connectivity index (χ0v) is 19.5. The lowest BCUT2D eigenvalue weighted by Crippen LogP contribution is -2.30. The van der Waals surface area contributed by atoms with Crippen LogP contribution in [0.4, 0.5) is 0 Å². The molecule has 0 spiro atoms. The van der Waals surface area contributed by atoms with E-state index in [1.807, 2.05) is 12.1 Å². The summed E-state index contributed by atoms with van der Waals surface area (Å²) in [4.78, 5) is 0. The minimum Gasteiger partial charge on any atom is -0.0843 e. The smallest absolute Gasteiger partial charge is 0.0406 e. The monoisotopic (exact) mass is 422 g/mol. The minimum absolute atomic E-state index is 0.774. The standard InChI is InChI=1S/C29H39Cl/c1-2-3-4-5-6-7-22-8-9-28-21-27(15-14-26(28)20-22)25-12-10-23(11-13-25)24-16-18-29(30)19-17-24/h10-13,16-19,22,26-28H,2-9,14-15,20-21H2,1H3/t22?,26-,27-,28-/m1/s1. The molecule has 4 atom stereocenters. The number of benzene rings is 2. The van der Waals surface area contributed by atoms with Crippen molar-refractivity contribution in [2.24, 2.45) is 17.8 Å². The van der Waals surface area contributed by atoms with Gasteiger partial charge in [-0.15, -0.1) is 0 Å². The Bertz CT molecular complexity index is 760. The van der Waals surface area contributed by atoms with Gasteiger partial charge in [-0.2, -0.15) is 0 Å². The van der Waals surface area contributed by atoms with Gasteiger partial charge in [0.25, 0.3) is 0 Å². The Hall–Kier alpha value is -1.27. The number of hydrogen-bond donors (Lipinski definition) is 0. The summed E-state index contributed by atoms with van der Waals surface area (Å²) in [6.07, 6.45) is 17.5. The van der Waals surface area contributed by atoms with E-state index in [0.29, 0.717) is 0 Å². The van der Waals surface area contributed by atoms with Crippen molar-refractivity contribution in [1.82, 2.24) is 0 Å². The third-order valence-corrected chi connectivity index (χ3v) is 8.25. The second-order valence-corrected chi connectivity index (χ2v) is 10.5. The van der Waals surface area contributed by atoms with E-state index >= 15 is 0 Å². The van der Waals surface area contributed by atoms with Gasteiger partial charge in [-0.1, -0.05) is 99.9 Å². The molecular weight excluding hydrogens is 384 g/mol. The van der Waals surface area contributed by atoms with Crippen molar-refractivity contribution in [1.29, 1.82) is 0 Å². The van der Waals surface area contributed by atoms with Gasteiger partial charge in [0, 0.05) is 5.02 Å². The van der Waals surface area contributed by atoms with Gasteiger partial charge in [0.05, 0.1) is 0 Å². The molecular formula is C29H39Cl. The summed E-state index contributed by atoms with van der Waals surface area (Å²) in [5.41, 5.74) is 4.11. The first-order chi connectivity index (χ1) is 14.7. The first kappa shape index (κ1) is 21.9. The number of fused-ring (bicyclic) bond motifs is 1. The molecule has 1 heteroatoms. The van der Waals surface area contributed by atoms with Crippen molar-refractivity contribution < 1.29 is 0 Å². The molecule has 0 N–H and O–H groups in total. The van der Waals surface area contributed by atoms with E-state index in [9.17, 15) is 0 Å². The SMILES string of the molecule is CCCCCCCC1CC[C@@H]2C[C@H](c3ccc(-c4ccc(Cl)cc4)cc3)CC[C@@H]2C1. The number of halogens is 1. The lowest BCUT2D eigenvalue weighted by molar-refractivity contribution is 0.113. The molecule has 2 aromatic rings. The fraction of sp³-hybridized carbons (Fsp3) is 0.586. The summed E-state index contributed by atoms with van der Waals surface area (Å²) in [6.45, 7) is 2.31. The largest absolute Gasteiger partial charge is 0.0843 e. The Morgan fingerprint density at radius 3 is 2.07 bits per heavy atom. The van der Waals surface area contributed by atoms with Crippen LogP contribution in [-0.2, 0) is 0 Å². The Balaban J connectivity index is 1.27. The highest BCUT2D eigenvalue weighted by Gasteiger charge is 2.35. The van der Waals surface area contributed by atoms with Gasteiger partial charge in [-0.05, 0) is 84.6 Å². The van der Waals surface area contributed by atoms with Crippen LogP contribution in [-0.4, -0.2) is 0 Å². The summed E-state index contributed by atoms with van der Waals surface area (Å²) in [7, 11) is 0. The Kier molecular flexibility index (Phi) is 7.94. The van der Waals surface area contributed by atoms with Gasteiger partial charge in [0.1, 0.15) is 0 Å². The van der Waals surface area contributed by atoms with Crippen molar-refractivity contribution in [3.8, 4) is 11.1 Å². The molecule has 1 unspecified atom stereocenters. The average Bonchev–Trinajstić information content (AvgIpc) is 2.79. The summed E-state index contributed by atoms with van der Waals surface area (Å²) in [5.74, 6) is 3.80. The highest BCUT2D eigenvalue weighted by atomic mass is 35.5. The zero-order chi connectivity index (χ0) is 20.8. The third kappa shape index (κ3) is 5.70. The first-order valence-electron chi connectivity index (χ1n) is 12.6. The second kappa shape index (κ2) is 10.9. The maximum Gasteiger partial charge on any atom is 0.0406 e. The fourth-order valence-electron chi connectivity index (χ4n) is 6.18. The number of unbranched alkanes of at least 4 members (excludes halogenated alkanes) is 4. The normalized spacial score (nSPS) is 26.3. The van der Waals surface area contributed by atoms with Crippen molar-refractivity contribution in [2.45, 2.75) is 89.9 Å². The molecule has 0 bridgehead atoms. The number of hydrogen-bond acceptors (Lipinski definition) is 0. The molecule has 0 aromatic heterocycles. The van der Waals surface area contributed by atoms with E-state index in [-0.39, 0.29) is 0 Å². The molecule has 2 aliphatic carbocycles. The molecule has 0 nitrogen and oxygen atoms in total. The molecule has 2 fully saturated rings. The average molecular weight is 423 g/mol. The van der Waals surface area contributed by atoms with Crippen LogP contribution < -0.4 is 0 Å². The summed E-state index contributed by atoms with van der Waals surface area (Å²) < 4.78 is 0. The molecule has 4 rings (SSSR count). The van der Waals surface area contributed by atoms with Crippen LogP contribution in [0.25, 0.3) is 11.1 Å².